The van der Waals surface area contributed by atoms with E-state index in [4.69, 9.17) is 43.3 Å². The predicted octanol–water partition coefficient (Wildman–Crippen LogP) is 6.35. The van der Waals surface area contributed by atoms with E-state index in [0.717, 1.165) is 0 Å². The second-order valence-electron chi connectivity index (χ2n) is 4.67. The number of rotatable bonds is 6. The first-order chi connectivity index (χ1) is 10.8. The van der Waals surface area contributed by atoms with E-state index in [-0.39, 0.29) is 0 Å². The highest BCUT2D eigenvalue weighted by Gasteiger charge is 2.28. The number of benzene rings is 2. The van der Waals surface area contributed by atoms with E-state index >= 15 is 0 Å². The topological polar surface area (TPSA) is 34.1 Å². The van der Waals surface area contributed by atoms with Crippen LogP contribution in [0.1, 0.15) is 0 Å². The maximum absolute atomic E-state index is 6.32. The van der Waals surface area contributed by atoms with Gasteiger partial charge in [0.2, 0.25) is 5.91 Å². The minimum Gasteiger partial charge on any atom is -0.419 e. The Bertz CT molecular complexity index is 693. The van der Waals surface area contributed by atoms with Crippen LogP contribution in [0.2, 0.25) is 0 Å². The van der Waals surface area contributed by atoms with Crippen molar-refractivity contribution in [2.75, 3.05) is 14.1 Å². The number of hydrogen-bond acceptors (Lipinski definition) is 3. The van der Waals surface area contributed by atoms with Crippen molar-refractivity contribution in [1.82, 2.24) is 4.67 Å². The van der Waals surface area contributed by atoms with Crippen molar-refractivity contribution in [2.45, 2.75) is 0 Å². The molecule has 0 saturated carbocycles. The number of nitrogens with zero attached hydrogens (tertiary/aromatic N) is 2. The third-order valence-electron chi connectivity index (χ3n) is 2.63. The first-order valence-corrected chi connectivity index (χ1v) is 12.7. The molecule has 0 aliphatic heterocycles. The third-order valence-corrected chi connectivity index (χ3v) is 10.3. The average Bonchev–Trinajstić information content (AvgIpc) is 2.48. The average molecular weight is 409 g/mol. The van der Waals surface area contributed by atoms with Gasteiger partial charge in [0.1, 0.15) is 11.5 Å². The first-order valence-electron chi connectivity index (χ1n) is 6.61. The van der Waals surface area contributed by atoms with Crippen LogP contribution in [0.15, 0.2) is 65.2 Å². The summed E-state index contributed by atoms with van der Waals surface area (Å²) in [5.41, 5.74) is 0. The second-order valence-corrected chi connectivity index (χ2v) is 13.1. The van der Waals surface area contributed by atoms with Gasteiger partial charge in [-0.1, -0.05) is 36.4 Å². The molecule has 0 bridgehead atoms. The molecule has 9 heteroatoms. The molecular weight excluding hydrogens is 393 g/mol. The lowest BCUT2D eigenvalue weighted by molar-refractivity contribution is 0.488. The minimum atomic E-state index is -3.14. The zero-order valence-electron chi connectivity index (χ0n) is 12.5. The zero-order chi connectivity index (χ0) is 16.9. The summed E-state index contributed by atoms with van der Waals surface area (Å²) in [6.07, 6.45) is 0. The number of hydrogen-bond donors (Lipinski definition) is 0. The highest BCUT2D eigenvalue weighted by atomic mass is 35.9. The Labute approximate surface area is 151 Å². The number of halogens is 2. The quantitative estimate of drug-likeness (QED) is 0.521. The molecule has 0 heterocycles. The van der Waals surface area contributed by atoms with Crippen LogP contribution in [-0.2, 0) is 11.8 Å². The summed E-state index contributed by atoms with van der Waals surface area (Å²) >= 11 is 18.2. The minimum absolute atomic E-state index is 0.558. The van der Waals surface area contributed by atoms with Crippen molar-refractivity contribution in [3.63, 3.8) is 0 Å². The van der Waals surface area contributed by atoms with Gasteiger partial charge in [0, 0.05) is 11.8 Å². The molecule has 0 unspecified atom stereocenters. The lowest BCUT2D eigenvalue weighted by atomic mass is 10.3. The van der Waals surface area contributed by atoms with E-state index in [0.29, 0.717) is 11.5 Å². The Kier molecular flexibility index (Phi) is 6.56. The Hall–Kier alpha value is -0.540. The van der Waals surface area contributed by atoms with Gasteiger partial charge in [-0.25, -0.2) is 0 Å². The van der Waals surface area contributed by atoms with Gasteiger partial charge in [-0.3, -0.25) is 4.67 Å². The summed E-state index contributed by atoms with van der Waals surface area (Å²) < 4.78 is 17.7. The Morgan fingerprint density at radius 3 is 1.61 bits per heavy atom. The molecule has 2 aromatic rings. The standard InChI is InChI=1S/C14H16Cl2N2O2P2S/c1-18(2)21(15,16)17-22(23,19-13-9-5-3-6-10-13)20-14-11-7-4-8-12-14/h3-12H,1-2H3. The predicted molar refractivity (Wildman–Crippen MR) is 103 cm³/mol. The largest absolute Gasteiger partial charge is 0.419 e. The Balaban J connectivity index is 2.40. The summed E-state index contributed by atoms with van der Waals surface area (Å²) in [4.78, 5) is 0. The molecule has 124 valence electrons. The van der Waals surface area contributed by atoms with Crippen LogP contribution in [0.4, 0.5) is 0 Å². The van der Waals surface area contributed by atoms with Crippen molar-refractivity contribution in [3.8, 4) is 11.5 Å². The summed E-state index contributed by atoms with van der Waals surface area (Å²) in [5, 5.41) is 0. The highest BCUT2D eigenvalue weighted by molar-refractivity contribution is 8.16. The van der Waals surface area contributed by atoms with E-state index in [1.165, 1.54) is 0 Å². The summed E-state index contributed by atoms with van der Waals surface area (Å²) in [6, 6.07) is 18.2. The maximum atomic E-state index is 6.32. The fraction of sp³-hybridized carbons (Fsp3) is 0.143. The van der Waals surface area contributed by atoms with E-state index in [1.807, 2.05) is 36.4 Å². The van der Waals surface area contributed by atoms with Gasteiger partial charge in [-0.2, -0.15) is 4.52 Å². The molecule has 0 amide bonds. The molecule has 23 heavy (non-hydrogen) atoms. The van der Waals surface area contributed by atoms with Crippen molar-refractivity contribution in [1.29, 1.82) is 0 Å². The van der Waals surface area contributed by atoms with E-state index in [1.54, 1.807) is 43.0 Å². The summed E-state index contributed by atoms with van der Waals surface area (Å²) in [7, 11) is 3.48. The van der Waals surface area contributed by atoms with Crippen molar-refractivity contribution < 1.29 is 9.05 Å². The van der Waals surface area contributed by atoms with Crippen LogP contribution >= 0.6 is 35.0 Å². The third kappa shape index (κ3) is 5.79. The van der Waals surface area contributed by atoms with Crippen LogP contribution in [-0.4, -0.2) is 18.8 Å². The van der Waals surface area contributed by atoms with Crippen molar-refractivity contribution in [2.24, 2.45) is 4.52 Å². The van der Waals surface area contributed by atoms with Crippen molar-refractivity contribution in [3.05, 3.63) is 60.7 Å². The molecule has 0 aliphatic carbocycles. The molecule has 0 atom stereocenters. The fourth-order valence-corrected chi connectivity index (χ4v) is 8.09. The molecule has 0 radical (unpaired) electrons. The van der Waals surface area contributed by atoms with Crippen LogP contribution in [0, 0.1) is 0 Å². The molecule has 2 rings (SSSR count). The number of para-hydroxylation sites is 2. The van der Waals surface area contributed by atoms with Gasteiger partial charge < -0.3 is 9.05 Å². The van der Waals surface area contributed by atoms with Gasteiger partial charge in [-0.15, -0.1) is 0 Å². The van der Waals surface area contributed by atoms with Gasteiger partial charge in [0.05, 0.1) is 0 Å². The SMILES string of the molecule is CN(C)P(Cl)(Cl)=NP(=S)(Oc1ccccc1)Oc1ccccc1. The van der Waals surface area contributed by atoms with Gasteiger partial charge in [0.25, 0.3) is 0 Å². The Morgan fingerprint density at radius 1 is 0.870 bits per heavy atom. The van der Waals surface area contributed by atoms with E-state index < -0.39 is 12.6 Å². The van der Waals surface area contributed by atoms with Crippen LogP contribution in [0.3, 0.4) is 0 Å². The van der Waals surface area contributed by atoms with Crippen LogP contribution in [0.5, 0.6) is 11.5 Å². The molecule has 2 aromatic carbocycles. The lowest BCUT2D eigenvalue weighted by Gasteiger charge is -2.24. The smallest absolute Gasteiger partial charge is 0.416 e. The fourth-order valence-electron chi connectivity index (χ4n) is 1.50. The molecule has 4 nitrogen and oxygen atoms in total. The van der Waals surface area contributed by atoms with Gasteiger partial charge in [0.15, 0.2) is 0 Å². The Morgan fingerprint density at radius 2 is 1.26 bits per heavy atom. The maximum Gasteiger partial charge on any atom is 0.416 e. The molecule has 0 spiro atoms. The highest BCUT2D eigenvalue weighted by Crippen LogP contribution is 2.69. The molecule has 0 N–H and O–H groups in total. The molecule has 0 aromatic heterocycles. The van der Waals surface area contributed by atoms with Crippen molar-refractivity contribution >= 4 is 46.8 Å². The van der Waals surface area contributed by atoms with E-state index in [2.05, 4.69) is 4.52 Å². The normalized spacial score (nSPS) is 12.0. The van der Waals surface area contributed by atoms with E-state index in [9.17, 15) is 0 Å². The van der Waals surface area contributed by atoms with Gasteiger partial charge >= 0.3 is 6.64 Å². The van der Waals surface area contributed by atoms with Crippen LogP contribution < -0.4 is 9.05 Å². The summed E-state index contributed by atoms with van der Waals surface area (Å²) in [5.74, 6) is -1.70. The monoisotopic (exact) mass is 408 g/mol. The zero-order valence-corrected chi connectivity index (χ0v) is 16.7. The first kappa shape index (κ1) is 18.8. The summed E-state index contributed by atoms with van der Waals surface area (Å²) in [6.45, 7) is -3.14. The molecular formula is C14H16Cl2N2O2P2S. The van der Waals surface area contributed by atoms with Crippen LogP contribution in [0.25, 0.3) is 0 Å². The lowest BCUT2D eigenvalue weighted by Crippen LogP contribution is -2.03. The second kappa shape index (κ2) is 8.02. The van der Waals surface area contributed by atoms with Gasteiger partial charge in [-0.05, 0) is 60.8 Å². The molecule has 0 saturated heterocycles. The molecule has 0 aliphatic rings. The molecule has 0 fully saturated rings.